The second-order valence-corrected chi connectivity index (χ2v) is 10.7. The van der Waals surface area contributed by atoms with E-state index >= 15 is 0 Å². The monoisotopic (exact) mass is 436 g/mol. The van der Waals surface area contributed by atoms with Gasteiger partial charge in [0.1, 0.15) is 11.5 Å². The Kier molecular flexibility index (Phi) is 9.34. The first-order chi connectivity index (χ1) is 14.9. The molecule has 0 amide bonds. The fourth-order valence-corrected chi connectivity index (χ4v) is 5.49. The molecule has 0 atom stereocenters. The van der Waals surface area contributed by atoms with Gasteiger partial charge in [-0.1, -0.05) is 55.1 Å². The molecule has 4 nitrogen and oxygen atoms in total. The number of carbonyl (C=O) groups excluding carboxylic acids is 1. The van der Waals surface area contributed by atoms with Crippen LogP contribution in [-0.2, 0) is 22.4 Å². The predicted molar refractivity (Wildman–Crippen MR) is 129 cm³/mol. The van der Waals surface area contributed by atoms with E-state index < -0.39 is 8.56 Å². The summed E-state index contributed by atoms with van der Waals surface area (Å²) in [4.78, 5) is 11.7. The topological polar surface area (TPSA) is 44.8 Å². The van der Waals surface area contributed by atoms with Gasteiger partial charge in [0.2, 0.25) is 0 Å². The molecule has 31 heavy (non-hydrogen) atoms. The molecule has 0 aromatic heterocycles. The van der Waals surface area contributed by atoms with Gasteiger partial charge in [-0.2, -0.15) is 0 Å². The molecule has 0 aliphatic carbocycles. The first-order valence-corrected chi connectivity index (χ1v) is 13.0. The number of hydrogen-bond acceptors (Lipinski definition) is 4. The van der Waals surface area contributed by atoms with Crippen LogP contribution < -0.4 is 8.85 Å². The second kappa shape index (κ2) is 12.0. The van der Waals surface area contributed by atoms with Crippen molar-refractivity contribution in [2.75, 3.05) is 6.61 Å². The van der Waals surface area contributed by atoms with E-state index in [1.54, 1.807) is 6.92 Å². The van der Waals surface area contributed by atoms with Gasteiger partial charge in [-0.15, -0.1) is 13.2 Å². The van der Waals surface area contributed by atoms with Crippen molar-refractivity contribution in [1.82, 2.24) is 0 Å². The van der Waals surface area contributed by atoms with Gasteiger partial charge in [0.05, 0.1) is 6.61 Å². The molecule has 0 saturated carbocycles. The summed E-state index contributed by atoms with van der Waals surface area (Å²) in [5.41, 5.74) is 2.52. The van der Waals surface area contributed by atoms with Gasteiger partial charge >= 0.3 is 14.5 Å². The van der Waals surface area contributed by atoms with Crippen LogP contribution >= 0.6 is 0 Å². The summed E-state index contributed by atoms with van der Waals surface area (Å²) in [6, 6.07) is 16.5. The van der Waals surface area contributed by atoms with Crippen LogP contribution in [0.25, 0.3) is 0 Å². The lowest BCUT2D eigenvalue weighted by Gasteiger charge is -2.30. The van der Waals surface area contributed by atoms with Gasteiger partial charge in [0.15, 0.2) is 0 Å². The minimum Gasteiger partial charge on any atom is -0.512 e. The highest BCUT2D eigenvalue weighted by molar-refractivity contribution is 6.67. The van der Waals surface area contributed by atoms with Crippen LogP contribution in [0, 0.1) is 0 Å². The van der Waals surface area contributed by atoms with Crippen LogP contribution in [0.4, 0.5) is 0 Å². The fraction of sp³-hybridized carbons (Fsp3) is 0.269. The van der Waals surface area contributed by atoms with Crippen molar-refractivity contribution < 1.29 is 18.4 Å². The number of ether oxygens (including phenoxy) is 1. The van der Waals surface area contributed by atoms with E-state index in [0.29, 0.717) is 37.5 Å². The van der Waals surface area contributed by atoms with Gasteiger partial charge in [-0.25, -0.2) is 4.79 Å². The molecule has 2 rings (SSSR count). The quantitative estimate of drug-likeness (QED) is 0.124. The number of benzene rings is 2. The molecule has 0 aliphatic rings. The van der Waals surface area contributed by atoms with Crippen molar-refractivity contribution in [1.29, 1.82) is 0 Å². The van der Waals surface area contributed by atoms with E-state index in [1.807, 2.05) is 67.2 Å². The number of allylic oxidation sites excluding steroid dienone is 2. The van der Waals surface area contributed by atoms with Crippen molar-refractivity contribution in [2.24, 2.45) is 0 Å². The molecule has 0 saturated heterocycles. The normalized spacial score (nSPS) is 10.8. The molecular weight excluding hydrogens is 404 g/mol. The summed E-state index contributed by atoms with van der Waals surface area (Å²) in [5.74, 6) is 1.23. The van der Waals surface area contributed by atoms with E-state index in [0.717, 1.165) is 22.6 Å². The molecule has 0 unspecified atom stereocenters. The predicted octanol–water partition coefficient (Wildman–Crippen LogP) is 6.18. The van der Waals surface area contributed by atoms with Gasteiger partial charge in [0.25, 0.3) is 0 Å². The molecule has 0 N–H and O–H groups in total. The highest BCUT2D eigenvalue weighted by Crippen LogP contribution is 2.29. The lowest BCUT2D eigenvalue weighted by atomic mass is 10.1. The van der Waals surface area contributed by atoms with Crippen molar-refractivity contribution in [2.45, 2.75) is 38.8 Å². The molecule has 0 heterocycles. The Labute approximate surface area is 187 Å². The zero-order valence-electron chi connectivity index (χ0n) is 18.6. The largest absolute Gasteiger partial charge is 0.512 e. The van der Waals surface area contributed by atoms with E-state index in [-0.39, 0.29) is 5.97 Å². The number of rotatable bonds is 13. The average molecular weight is 437 g/mol. The number of hydrogen-bond donors (Lipinski definition) is 0. The maximum Gasteiger partial charge on any atom is 0.457 e. The number of carbonyl (C=O) groups is 1. The van der Waals surface area contributed by atoms with Crippen LogP contribution in [0.3, 0.4) is 0 Å². The SMILES string of the molecule is C=CCc1ccccc1O[Si](C)(CCCOC(=O)C(=C)C)Oc1ccccc1CC=C. The summed E-state index contributed by atoms with van der Waals surface area (Å²) >= 11 is 0. The molecular formula is C26H32O4Si. The summed E-state index contributed by atoms with van der Waals surface area (Å²) in [7, 11) is -2.73. The van der Waals surface area contributed by atoms with Crippen LogP contribution in [-0.4, -0.2) is 21.1 Å². The van der Waals surface area contributed by atoms with Crippen LogP contribution in [0.1, 0.15) is 24.5 Å². The first-order valence-electron chi connectivity index (χ1n) is 10.5. The summed E-state index contributed by atoms with van der Waals surface area (Å²) < 4.78 is 18.4. The lowest BCUT2D eigenvalue weighted by molar-refractivity contribution is -0.138. The molecule has 0 bridgehead atoms. The van der Waals surface area contributed by atoms with Crippen LogP contribution in [0.2, 0.25) is 12.6 Å². The smallest absolute Gasteiger partial charge is 0.457 e. The van der Waals surface area contributed by atoms with Crippen molar-refractivity contribution in [3.05, 3.63) is 97.1 Å². The standard InChI is InChI=1S/C26H32O4Si/c1-6-13-22-15-8-10-17-24(22)29-31(5,20-12-19-28-26(27)21(3)4)30-25-18-11-9-16-23(25)14-7-2/h6-11,15-18H,1-3,12-14,19-20H2,4-5H3. The Morgan fingerprint density at radius 3 is 1.87 bits per heavy atom. The number of esters is 1. The third-order valence-electron chi connectivity index (χ3n) is 4.68. The fourth-order valence-electron chi connectivity index (χ4n) is 3.12. The zero-order chi connectivity index (χ0) is 22.7. The highest BCUT2D eigenvalue weighted by Gasteiger charge is 2.37. The van der Waals surface area contributed by atoms with Crippen molar-refractivity contribution >= 4 is 14.5 Å². The highest BCUT2D eigenvalue weighted by atomic mass is 28.4. The van der Waals surface area contributed by atoms with E-state index in [2.05, 4.69) is 19.7 Å². The molecule has 164 valence electrons. The Hall–Kier alpha value is -3.05. The van der Waals surface area contributed by atoms with Crippen LogP contribution in [0.15, 0.2) is 86.0 Å². The Balaban J connectivity index is 2.24. The third-order valence-corrected chi connectivity index (χ3v) is 7.25. The first kappa shape index (κ1) is 24.2. The second-order valence-electron chi connectivity index (χ2n) is 7.56. The molecule has 0 aliphatic heterocycles. The molecule has 0 fully saturated rings. The van der Waals surface area contributed by atoms with E-state index in [1.165, 1.54) is 0 Å². The average Bonchev–Trinajstić information content (AvgIpc) is 2.74. The van der Waals surface area contributed by atoms with Crippen LogP contribution in [0.5, 0.6) is 11.5 Å². The molecule has 5 heteroatoms. The van der Waals surface area contributed by atoms with Gasteiger partial charge in [0, 0.05) is 18.2 Å². The molecule has 2 aromatic rings. The minimum absolute atomic E-state index is 0.295. The maximum absolute atomic E-state index is 11.7. The maximum atomic E-state index is 11.7. The van der Waals surface area contributed by atoms with E-state index in [4.69, 9.17) is 13.6 Å². The third kappa shape index (κ3) is 7.61. The number of para-hydroxylation sites is 2. The molecule has 0 radical (unpaired) electrons. The summed E-state index contributed by atoms with van der Waals surface area (Å²) in [6.45, 7) is 15.3. The Morgan fingerprint density at radius 2 is 1.42 bits per heavy atom. The lowest BCUT2D eigenvalue weighted by Crippen LogP contribution is -2.46. The Bertz CT molecular complexity index is 864. The van der Waals surface area contributed by atoms with Gasteiger partial charge < -0.3 is 13.6 Å². The Morgan fingerprint density at radius 1 is 0.935 bits per heavy atom. The summed E-state index contributed by atoms with van der Waals surface area (Å²) in [5, 5.41) is 0. The molecule has 2 aromatic carbocycles. The van der Waals surface area contributed by atoms with Crippen molar-refractivity contribution in [3.8, 4) is 11.5 Å². The summed E-state index contributed by atoms with van der Waals surface area (Å²) in [6.07, 6.45) is 5.78. The minimum atomic E-state index is -2.73. The van der Waals surface area contributed by atoms with E-state index in [9.17, 15) is 4.79 Å². The van der Waals surface area contributed by atoms with Crippen molar-refractivity contribution in [3.63, 3.8) is 0 Å². The van der Waals surface area contributed by atoms with Gasteiger partial charge in [-0.05, 0) is 49.4 Å². The molecule has 0 spiro atoms. The zero-order valence-corrected chi connectivity index (χ0v) is 19.6. The van der Waals surface area contributed by atoms with Gasteiger partial charge in [-0.3, -0.25) is 0 Å².